The molecule has 0 aliphatic rings. The summed E-state index contributed by atoms with van der Waals surface area (Å²) >= 11 is 0. The number of furan rings is 2. The van der Waals surface area contributed by atoms with Crippen LogP contribution in [0.2, 0.25) is 0 Å². The predicted molar refractivity (Wildman–Crippen MR) is 227 cm³/mol. The summed E-state index contributed by atoms with van der Waals surface area (Å²) in [7, 11) is 0. The molecule has 0 spiro atoms. The maximum atomic E-state index is 10.6. The van der Waals surface area contributed by atoms with E-state index in [1.165, 1.54) is 0 Å². The second-order valence-electron chi connectivity index (χ2n) is 15.7. The quantitative estimate of drug-likeness (QED) is 0.0544. The van der Waals surface area contributed by atoms with Crippen molar-refractivity contribution < 1.29 is 52.6 Å². The van der Waals surface area contributed by atoms with Gasteiger partial charge in [0.15, 0.2) is 0 Å². The SMILES string of the molecule is CC(C)(c1ccc(OCC(O)COCc2ccco2)cc1)c1ccc(OCC(O)COc2ccc(C(C)(C)c3ccc(OCC(O)COCc4ccco4)cc3)cc2)cc1. The third kappa shape index (κ3) is 12.7. The van der Waals surface area contributed by atoms with Crippen molar-refractivity contribution in [1.29, 1.82) is 0 Å². The molecule has 6 aromatic rings. The zero-order chi connectivity index (χ0) is 42.4. The molecule has 4 aromatic carbocycles. The molecule has 3 N–H and O–H groups in total. The van der Waals surface area contributed by atoms with Gasteiger partial charge < -0.3 is 52.6 Å². The molecule has 6 rings (SSSR count). The number of aliphatic hydroxyl groups excluding tert-OH is 3. The zero-order valence-electron chi connectivity index (χ0n) is 34.7. The smallest absolute Gasteiger partial charge is 0.129 e. The first kappa shape index (κ1) is 44.0. The van der Waals surface area contributed by atoms with Crippen LogP contribution in [0.15, 0.2) is 143 Å². The highest BCUT2D eigenvalue weighted by Gasteiger charge is 2.25. The lowest BCUT2D eigenvalue weighted by atomic mass is 9.78. The maximum absolute atomic E-state index is 10.6. The van der Waals surface area contributed by atoms with Crippen LogP contribution in [-0.4, -0.2) is 73.3 Å². The molecule has 0 aliphatic heterocycles. The van der Waals surface area contributed by atoms with Crippen LogP contribution in [0, 0.1) is 0 Å². The van der Waals surface area contributed by atoms with Gasteiger partial charge in [0, 0.05) is 10.8 Å². The first-order valence-electron chi connectivity index (χ1n) is 20.1. The van der Waals surface area contributed by atoms with Crippen LogP contribution in [-0.2, 0) is 33.5 Å². The van der Waals surface area contributed by atoms with E-state index < -0.39 is 18.3 Å². The molecular formula is C49H56O11. The zero-order valence-corrected chi connectivity index (χ0v) is 34.7. The first-order chi connectivity index (χ1) is 29.0. The van der Waals surface area contributed by atoms with Crippen molar-refractivity contribution in [3.8, 4) is 23.0 Å². The molecule has 0 fully saturated rings. The first-order valence-corrected chi connectivity index (χ1v) is 20.1. The fourth-order valence-corrected chi connectivity index (χ4v) is 6.50. The van der Waals surface area contributed by atoms with Gasteiger partial charge in [-0.25, -0.2) is 0 Å². The largest absolute Gasteiger partial charge is 0.491 e. The molecule has 0 amide bonds. The molecule has 2 unspecified atom stereocenters. The van der Waals surface area contributed by atoms with Gasteiger partial charge in [0.1, 0.15) is 92.5 Å². The van der Waals surface area contributed by atoms with Gasteiger partial charge in [-0.05, 0) is 95.1 Å². The average Bonchev–Trinajstić information content (AvgIpc) is 3.99. The van der Waals surface area contributed by atoms with E-state index in [2.05, 4.69) is 27.7 Å². The van der Waals surface area contributed by atoms with E-state index in [1.54, 1.807) is 24.7 Å². The van der Waals surface area contributed by atoms with Crippen LogP contribution >= 0.6 is 0 Å². The minimum Gasteiger partial charge on any atom is -0.491 e. The predicted octanol–water partition coefficient (Wildman–Crippen LogP) is 8.26. The Morgan fingerprint density at radius 3 is 0.917 bits per heavy atom. The fraction of sp³-hybridized carbons (Fsp3) is 0.347. The molecule has 0 saturated heterocycles. The summed E-state index contributed by atoms with van der Waals surface area (Å²) in [5, 5.41) is 31.1. The summed E-state index contributed by atoms with van der Waals surface area (Å²) in [6, 6.07) is 38.7. The van der Waals surface area contributed by atoms with E-state index in [-0.39, 0.29) is 50.5 Å². The van der Waals surface area contributed by atoms with Crippen molar-refractivity contribution in [2.24, 2.45) is 0 Å². The lowest BCUT2D eigenvalue weighted by Gasteiger charge is -2.27. The molecule has 0 aliphatic carbocycles. The van der Waals surface area contributed by atoms with E-state index in [0.29, 0.717) is 47.7 Å². The Hall–Kier alpha value is -5.56. The standard InChI is InChI=1S/C49H56O11/c1-48(2,35-9-17-42(18-10-35)57-29-39(50)27-53-33-46-7-5-25-55-46)37-13-21-44(22-14-37)59-31-41(52)32-60-45-23-15-38(16-24-45)49(3,4)36-11-19-43(20-12-36)58-30-40(51)28-54-34-47-8-6-26-56-47/h5-26,39-41,50-52H,27-34H2,1-4H3. The number of hydrogen-bond donors (Lipinski definition) is 3. The molecule has 2 heterocycles. The summed E-state index contributed by atoms with van der Waals surface area (Å²) in [5.41, 5.74) is 3.82. The minimum absolute atomic E-state index is 0.0817. The lowest BCUT2D eigenvalue weighted by molar-refractivity contribution is 0.000856. The molecule has 11 heteroatoms. The van der Waals surface area contributed by atoms with Crippen LogP contribution < -0.4 is 18.9 Å². The summed E-state index contributed by atoms with van der Waals surface area (Å²) < 4.78 is 44.8. The molecule has 11 nitrogen and oxygen atoms in total. The van der Waals surface area contributed by atoms with E-state index in [9.17, 15) is 15.3 Å². The summed E-state index contributed by atoms with van der Waals surface area (Å²) in [5.74, 6) is 4.04. The Bertz CT molecular complexity index is 1940. The van der Waals surface area contributed by atoms with Gasteiger partial charge in [-0.3, -0.25) is 0 Å². The van der Waals surface area contributed by atoms with Crippen LogP contribution in [0.5, 0.6) is 23.0 Å². The summed E-state index contributed by atoms with van der Waals surface area (Å²) in [4.78, 5) is 0. The van der Waals surface area contributed by atoms with Gasteiger partial charge >= 0.3 is 0 Å². The molecule has 60 heavy (non-hydrogen) atoms. The second-order valence-corrected chi connectivity index (χ2v) is 15.7. The second kappa shape index (κ2) is 21.1. The van der Waals surface area contributed by atoms with Gasteiger partial charge in [0.25, 0.3) is 0 Å². The molecule has 318 valence electrons. The molecule has 0 saturated carbocycles. The number of aliphatic hydroxyl groups is 3. The van der Waals surface area contributed by atoms with Crippen molar-refractivity contribution in [2.45, 2.75) is 70.1 Å². The average molecular weight is 821 g/mol. The summed E-state index contributed by atoms with van der Waals surface area (Å²) in [6.07, 6.45) is 0.816. The van der Waals surface area contributed by atoms with E-state index in [4.69, 9.17) is 37.3 Å². The van der Waals surface area contributed by atoms with Crippen molar-refractivity contribution in [1.82, 2.24) is 0 Å². The normalized spacial score (nSPS) is 13.4. The Morgan fingerprint density at radius 2 is 0.667 bits per heavy atom. The Labute approximate surface area is 352 Å². The molecule has 0 radical (unpaired) electrons. The van der Waals surface area contributed by atoms with Gasteiger partial charge in [0.2, 0.25) is 0 Å². The molecular weight excluding hydrogens is 765 g/mol. The highest BCUT2D eigenvalue weighted by Crippen LogP contribution is 2.35. The Morgan fingerprint density at radius 1 is 0.400 bits per heavy atom. The fourth-order valence-electron chi connectivity index (χ4n) is 6.50. The van der Waals surface area contributed by atoms with Crippen molar-refractivity contribution >= 4 is 0 Å². The third-order valence-electron chi connectivity index (χ3n) is 10.3. The van der Waals surface area contributed by atoms with Gasteiger partial charge in [0.05, 0.1) is 25.7 Å². The van der Waals surface area contributed by atoms with Gasteiger partial charge in [-0.15, -0.1) is 0 Å². The number of hydrogen-bond acceptors (Lipinski definition) is 11. The highest BCUT2D eigenvalue weighted by molar-refractivity contribution is 5.43. The molecule has 2 aromatic heterocycles. The monoisotopic (exact) mass is 820 g/mol. The van der Waals surface area contributed by atoms with Crippen LogP contribution in [0.1, 0.15) is 61.5 Å². The van der Waals surface area contributed by atoms with Gasteiger partial charge in [-0.1, -0.05) is 76.2 Å². The number of rotatable bonds is 24. The minimum atomic E-state index is -0.829. The van der Waals surface area contributed by atoms with Crippen molar-refractivity contribution in [3.63, 3.8) is 0 Å². The van der Waals surface area contributed by atoms with E-state index in [1.807, 2.05) is 109 Å². The number of benzene rings is 4. The summed E-state index contributed by atoms with van der Waals surface area (Å²) in [6.45, 7) is 9.89. The Balaban J connectivity index is 0.891. The van der Waals surface area contributed by atoms with Crippen molar-refractivity contribution in [2.75, 3.05) is 39.6 Å². The Kier molecular flexibility index (Phi) is 15.5. The third-order valence-corrected chi connectivity index (χ3v) is 10.3. The van der Waals surface area contributed by atoms with Crippen LogP contribution in [0.4, 0.5) is 0 Å². The highest BCUT2D eigenvalue weighted by atomic mass is 16.5. The van der Waals surface area contributed by atoms with E-state index in [0.717, 1.165) is 22.3 Å². The van der Waals surface area contributed by atoms with Gasteiger partial charge in [-0.2, -0.15) is 0 Å². The van der Waals surface area contributed by atoms with Crippen LogP contribution in [0.3, 0.4) is 0 Å². The topological polar surface area (TPSA) is 142 Å². The van der Waals surface area contributed by atoms with Crippen molar-refractivity contribution in [3.05, 3.63) is 168 Å². The van der Waals surface area contributed by atoms with E-state index >= 15 is 0 Å². The van der Waals surface area contributed by atoms with Crippen LogP contribution in [0.25, 0.3) is 0 Å². The lowest BCUT2D eigenvalue weighted by Crippen LogP contribution is -2.25. The molecule has 2 atom stereocenters. The number of ether oxygens (including phenoxy) is 6. The maximum Gasteiger partial charge on any atom is 0.129 e. The molecule has 0 bridgehead atoms.